The molecule has 0 spiro atoms. The molecular weight excluding hydrogens is 290 g/mol. The number of nitrogens with zero attached hydrogens (tertiary/aromatic N) is 3. The zero-order valence-corrected chi connectivity index (χ0v) is 12.0. The van der Waals surface area contributed by atoms with Crippen molar-refractivity contribution in [3.8, 4) is 0 Å². The van der Waals surface area contributed by atoms with Gasteiger partial charge in [0.1, 0.15) is 0 Å². The number of likely N-dealkylation sites (tertiary alicyclic amines) is 1. The van der Waals surface area contributed by atoms with Crippen molar-refractivity contribution in [1.82, 2.24) is 4.90 Å². The quantitative estimate of drug-likeness (QED) is 0.477. The average Bonchev–Trinajstić information content (AvgIpc) is 3.10. The normalized spacial score (nSPS) is 20.2. The smallest absolute Gasteiger partial charge is 0.286 e. The van der Waals surface area contributed by atoms with Gasteiger partial charge in [0.15, 0.2) is 5.17 Å². The Morgan fingerprint density at radius 2 is 2.10 bits per heavy atom. The van der Waals surface area contributed by atoms with E-state index in [-0.39, 0.29) is 11.6 Å². The summed E-state index contributed by atoms with van der Waals surface area (Å²) in [5.41, 5.74) is 0.651. The molecule has 0 unspecified atom stereocenters. The van der Waals surface area contributed by atoms with Crippen LogP contribution in [-0.2, 0) is 4.79 Å². The van der Waals surface area contributed by atoms with E-state index in [1.165, 1.54) is 23.9 Å². The van der Waals surface area contributed by atoms with Crippen LogP contribution in [0.1, 0.15) is 18.4 Å². The van der Waals surface area contributed by atoms with E-state index in [1.807, 2.05) is 0 Å². The number of aliphatic imine (C=N–C) groups is 1. The summed E-state index contributed by atoms with van der Waals surface area (Å²) in [5, 5.41) is 11.5. The molecule has 108 valence electrons. The first-order chi connectivity index (χ1) is 10.1. The van der Waals surface area contributed by atoms with Gasteiger partial charge in [-0.1, -0.05) is 12.1 Å². The summed E-state index contributed by atoms with van der Waals surface area (Å²) in [6.45, 7) is 1.87. The fourth-order valence-electron chi connectivity index (χ4n) is 2.32. The molecule has 21 heavy (non-hydrogen) atoms. The predicted molar refractivity (Wildman–Crippen MR) is 81.9 cm³/mol. The lowest BCUT2D eigenvalue weighted by molar-refractivity contribution is -0.384. The monoisotopic (exact) mass is 303 g/mol. The third kappa shape index (κ3) is 2.97. The number of amides is 1. The summed E-state index contributed by atoms with van der Waals surface area (Å²) in [5.74, 6) is -0.270. The first-order valence-corrected chi connectivity index (χ1v) is 7.47. The van der Waals surface area contributed by atoms with Crippen LogP contribution in [0.15, 0.2) is 34.2 Å². The van der Waals surface area contributed by atoms with Gasteiger partial charge in [-0.15, -0.1) is 0 Å². The van der Waals surface area contributed by atoms with E-state index in [1.54, 1.807) is 18.2 Å². The maximum atomic E-state index is 11.9. The molecule has 2 heterocycles. The molecule has 1 amide bonds. The number of nitro groups is 1. The van der Waals surface area contributed by atoms with Crippen molar-refractivity contribution in [1.29, 1.82) is 0 Å². The molecular formula is C14H13N3O3S. The predicted octanol–water partition coefficient (Wildman–Crippen LogP) is 2.66. The summed E-state index contributed by atoms with van der Waals surface area (Å²) in [4.78, 5) is 28.9. The van der Waals surface area contributed by atoms with E-state index in [2.05, 4.69) is 9.89 Å². The Morgan fingerprint density at radius 3 is 2.81 bits per heavy atom. The Hall–Kier alpha value is -2.15. The van der Waals surface area contributed by atoms with Gasteiger partial charge < -0.3 is 4.90 Å². The van der Waals surface area contributed by atoms with Crippen LogP contribution >= 0.6 is 11.8 Å². The molecule has 1 fully saturated rings. The third-order valence-corrected chi connectivity index (χ3v) is 4.41. The molecule has 6 nitrogen and oxygen atoms in total. The van der Waals surface area contributed by atoms with Crippen LogP contribution in [0.25, 0.3) is 6.08 Å². The number of non-ortho nitro benzene ring substituents is 1. The second-order valence-corrected chi connectivity index (χ2v) is 5.87. The van der Waals surface area contributed by atoms with Gasteiger partial charge in [0.25, 0.3) is 11.6 Å². The van der Waals surface area contributed by atoms with Crippen molar-refractivity contribution in [2.45, 2.75) is 12.8 Å². The van der Waals surface area contributed by atoms with Crippen molar-refractivity contribution in [3.63, 3.8) is 0 Å². The van der Waals surface area contributed by atoms with E-state index >= 15 is 0 Å². The van der Waals surface area contributed by atoms with Crippen molar-refractivity contribution in [2.24, 2.45) is 4.99 Å². The zero-order valence-electron chi connectivity index (χ0n) is 11.2. The number of carbonyl (C=O) groups excluding carboxylic acids is 1. The summed E-state index contributed by atoms with van der Waals surface area (Å²) in [7, 11) is 0. The van der Waals surface area contributed by atoms with E-state index in [0.717, 1.165) is 31.1 Å². The molecule has 0 bridgehead atoms. The highest BCUT2D eigenvalue weighted by Gasteiger charge is 2.27. The van der Waals surface area contributed by atoms with E-state index < -0.39 is 4.92 Å². The van der Waals surface area contributed by atoms with Gasteiger partial charge in [0.05, 0.1) is 9.83 Å². The lowest BCUT2D eigenvalue weighted by Gasteiger charge is -2.14. The molecule has 0 radical (unpaired) electrons. The Morgan fingerprint density at radius 1 is 1.33 bits per heavy atom. The van der Waals surface area contributed by atoms with Crippen LogP contribution in [-0.4, -0.2) is 34.0 Å². The number of nitro benzene ring substituents is 1. The molecule has 1 aromatic carbocycles. The largest absolute Gasteiger partial charge is 0.351 e. The summed E-state index contributed by atoms with van der Waals surface area (Å²) < 4.78 is 0. The highest BCUT2D eigenvalue weighted by Crippen LogP contribution is 2.32. The molecule has 0 N–H and O–H groups in total. The molecule has 3 rings (SSSR count). The van der Waals surface area contributed by atoms with Gasteiger partial charge in [0, 0.05) is 25.2 Å². The van der Waals surface area contributed by atoms with Crippen molar-refractivity contribution in [3.05, 3.63) is 44.8 Å². The summed E-state index contributed by atoms with van der Waals surface area (Å²) in [6.07, 6.45) is 3.90. The highest BCUT2D eigenvalue weighted by atomic mass is 32.2. The SMILES string of the molecule is O=C1N=C(N2CCCC2)SC1=Cc1cccc([N+](=O)[O-])c1. The van der Waals surface area contributed by atoms with Gasteiger partial charge in [-0.05, 0) is 36.2 Å². The van der Waals surface area contributed by atoms with Gasteiger partial charge in [-0.2, -0.15) is 4.99 Å². The number of carbonyl (C=O) groups is 1. The first kappa shape index (κ1) is 13.8. The second kappa shape index (κ2) is 5.69. The fourth-order valence-corrected chi connectivity index (χ4v) is 3.29. The topological polar surface area (TPSA) is 75.8 Å². The van der Waals surface area contributed by atoms with Crippen LogP contribution in [0.3, 0.4) is 0 Å². The number of rotatable bonds is 2. The third-order valence-electron chi connectivity index (χ3n) is 3.36. The molecule has 0 saturated carbocycles. The van der Waals surface area contributed by atoms with E-state index in [0.29, 0.717) is 10.5 Å². The molecule has 0 atom stereocenters. The Balaban J connectivity index is 1.80. The summed E-state index contributed by atoms with van der Waals surface area (Å²) >= 11 is 1.34. The number of thioether (sulfide) groups is 1. The molecule has 2 aliphatic rings. The van der Waals surface area contributed by atoms with Crippen LogP contribution in [0.5, 0.6) is 0 Å². The van der Waals surface area contributed by atoms with E-state index in [9.17, 15) is 14.9 Å². The first-order valence-electron chi connectivity index (χ1n) is 6.65. The minimum absolute atomic E-state index is 0.0143. The molecule has 1 aromatic rings. The number of hydrogen-bond acceptors (Lipinski definition) is 5. The van der Waals surface area contributed by atoms with Crippen LogP contribution in [0, 0.1) is 10.1 Å². The molecule has 2 aliphatic heterocycles. The van der Waals surface area contributed by atoms with Crippen molar-refractivity contribution >= 4 is 34.6 Å². The van der Waals surface area contributed by atoms with Gasteiger partial charge >= 0.3 is 0 Å². The van der Waals surface area contributed by atoms with E-state index in [4.69, 9.17) is 0 Å². The van der Waals surface area contributed by atoms with Gasteiger partial charge in [0.2, 0.25) is 0 Å². The van der Waals surface area contributed by atoms with Crippen LogP contribution < -0.4 is 0 Å². The minimum Gasteiger partial charge on any atom is -0.351 e. The molecule has 1 saturated heterocycles. The average molecular weight is 303 g/mol. The molecule has 0 aliphatic carbocycles. The fraction of sp³-hybridized carbons (Fsp3) is 0.286. The second-order valence-electron chi connectivity index (χ2n) is 4.86. The van der Waals surface area contributed by atoms with Crippen LogP contribution in [0.4, 0.5) is 5.69 Å². The molecule has 7 heteroatoms. The lowest BCUT2D eigenvalue weighted by atomic mass is 10.2. The maximum Gasteiger partial charge on any atom is 0.286 e. The number of benzene rings is 1. The summed E-state index contributed by atoms with van der Waals surface area (Å²) in [6, 6.07) is 6.23. The van der Waals surface area contributed by atoms with Gasteiger partial charge in [-0.3, -0.25) is 14.9 Å². The standard InChI is InChI=1S/C14H13N3O3S/c18-13-12(21-14(15-13)16-6-1-2-7-16)9-10-4-3-5-11(8-10)17(19)20/h3-5,8-9H,1-2,6-7H2. The maximum absolute atomic E-state index is 11.9. The minimum atomic E-state index is -0.447. The Bertz CT molecular complexity index is 663. The van der Waals surface area contributed by atoms with Crippen molar-refractivity contribution < 1.29 is 9.72 Å². The number of amidine groups is 1. The van der Waals surface area contributed by atoms with Crippen molar-refractivity contribution in [2.75, 3.05) is 13.1 Å². The molecule has 0 aromatic heterocycles. The van der Waals surface area contributed by atoms with Crippen LogP contribution in [0.2, 0.25) is 0 Å². The number of hydrogen-bond donors (Lipinski definition) is 0. The lowest BCUT2D eigenvalue weighted by Crippen LogP contribution is -2.23. The Labute approximate surface area is 125 Å². The highest BCUT2D eigenvalue weighted by molar-refractivity contribution is 8.18. The Kier molecular flexibility index (Phi) is 3.74. The van der Waals surface area contributed by atoms with Gasteiger partial charge in [-0.25, -0.2) is 0 Å². The zero-order chi connectivity index (χ0) is 14.8.